The molecule has 0 amide bonds. The number of furan rings is 1. The highest BCUT2D eigenvalue weighted by Gasteiger charge is 2.60. The number of carbonyl (C=O) groups is 1. The first-order chi connectivity index (χ1) is 16.8. The second-order valence-electron chi connectivity index (χ2n) is 9.12. The van der Waals surface area contributed by atoms with Crippen molar-refractivity contribution in [2.45, 2.75) is 42.5 Å². The van der Waals surface area contributed by atoms with E-state index in [9.17, 15) is 18.0 Å². The molecule has 6 rings (SSSR count). The van der Waals surface area contributed by atoms with Crippen LogP contribution in [-0.2, 0) is 21.5 Å². The van der Waals surface area contributed by atoms with Crippen LogP contribution >= 0.6 is 0 Å². The van der Waals surface area contributed by atoms with E-state index in [0.717, 1.165) is 18.2 Å². The van der Waals surface area contributed by atoms with E-state index in [2.05, 4.69) is 0 Å². The summed E-state index contributed by atoms with van der Waals surface area (Å²) >= 11 is 0. The van der Waals surface area contributed by atoms with E-state index in [4.69, 9.17) is 14.9 Å². The molecule has 3 heterocycles. The van der Waals surface area contributed by atoms with Gasteiger partial charge in [-0.05, 0) is 61.7 Å². The Morgan fingerprint density at radius 2 is 1.97 bits per heavy atom. The first-order valence-corrected chi connectivity index (χ1v) is 12.8. The van der Waals surface area contributed by atoms with Crippen LogP contribution in [0, 0.1) is 0 Å². The van der Waals surface area contributed by atoms with Crippen molar-refractivity contribution >= 4 is 37.7 Å². The number of carbonyl (C=O) groups excluding carboxylic acids is 1. The molecule has 9 nitrogen and oxygen atoms in total. The average Bonchev–Trinajstić information content (AvgIpc) is 3.38. The van der Waals surface area contributed by atoms with Gasteiger partial charge in [-0.15, -0.1) is 0 Å². The lowest BCUT2D eigenvalue weighted by Crippen LogP contribution is -2.44. The van der Waals surface area contributed by atoms with Crippen LogP contribution < -0.4 is 11.3 Å². The highest BCUT2D eigenvalue weighted by Crippen LogP contribution is 2.51. The Kier molecular flexibility index (Phi) is 4.89. The molecule has 2 N–H and O–H groups in total. The van der Waals surface area contributed by atoms with Gasteiger partial charge < -0.3 is 14.9 Å². The highest BCUT2D eigenvalue weighted by molar-refractivity contribution is 7.89. The number of nitrogens with two attached hydrogens (primary N) is 1. The lowest BCUT2D eigenvalue weighted by molar-refractivity contribution is 0.0367. The number of sulfonamides is 1. The number of rotatable bonds is 5. The molecule has 1 saturated heterocycles. The van der Waals surface area contributed by atoms with Crippen LogP contribution in [0.2, 0.25) is 0 Å². The zero-order valence-electron chi connectivity index (χ0n) is 18.7. The number of hydrogen-bond acceptors (Lipinski definition) is 7. The first kappa shape index (κ1) is 22.0. The minimum atomic E-state index is -3.84. The minimum absolute atomic E-state index is 0.0880. The molecule has 1 spiro atoms. The third-order valence-corrected chi connectivity index (χ3v) is 9.20. The van der Waals surface area contributed by atoms with Crippen LogP contribution in [0.5, 0.6) is 0 Å². The van der Waals surface area contributed by atoms with E-state index >= 15 is 0 Å². The lowest BCUT2D eigenvalue weighted by Gasteiger charge is -2.26. The second kappa shape index (κ2) is 7.77. The maximum Gasteiger partial charge on any atom is 0.339 e. The summed E-state index contributed by atoms with van der Waals surface area (Å²) in [6.45, 7) is 0.0651. The van der Waals surface area contributed by atoms with Crippen LogP contribution in [0.1, 0.15) is 29.6 Å². The molecule has 2 aromatic heterocycles. The van der Waals surface area contributed by atoms with Gasteiger partial charge in [0.15, 0.2) is 6.73 Å². The average molecular weight is 494 g/mol. The molecule has 180 valence electrons. The lowest BCUT2D eigenvalue weighted by atomic mass is 10.1. The fourth-order valence-electron chi connectivity index (χ4n) is 5.08. The monoisotopic (exact) mass is 493 g/mol. The normalized spacial score (nSPS) is 19.5. The van der Waals surface area contributed by atoms with Crippen molar-refractivity contribution in [3.8, 4) is 0 Å². The number of benzene rings is 2. The molecular formula is C25H23N3O6S. The Morgan fingerprint density at radius 1 is 1.14 bits per heavy atom. The molecule has 1 aliphatic carbocycles. The van der Waals surface area contributed by atoms with Crippen molar-refractivity contribution < 1.29 is 22.4 Å². The fourth-order valence-corrected chi connectivity index (χ4v) is 7.17. The maximum absolute atomic E-state index is 13.6. The van der Waals surface area contributed by atoms with E-state index < -0.39 is 27.1 Å². The van der Waals surface area contributed by atoms with Crippen LogP contribution in [0.4, 0.5) is 0 Å². The molecule has 0 unspecified atom stereocenters. The van der Waals surface area contributed by atoms with Gasteiger partial charge in [0.2, 0.25) is 10.0 Å². The quantitative estimate of drug-likeness (QED) is 0.424. The van der Waals surface area contributed by atoms with E-state index in [1.54, 1.807) is 42.5 Å². The number of nitrogens with zero attached hydrogens (tertiary/aromatic N) is 2. The van der Waals surface area contributed by atoms with Crippen molar-refractivity contribution in [1.29, 1.82) is 0 Å². The standard InChI is InChI=1S/C25H23N3O6S/c26-22-7-12-28(25(22)9-10-25)35(31,32)21-3-1-2-19-18(21)6-11-27(23(19)29)15-34-24(30)17-4-5-20-16(14-17)8-13-33-20/h1-6,8,11,13-14,22H,7,9-10,12,15,26H2/t22-/m0/s1. The molecule has 2 fully saturated rings. The molecular weight excluding hydrogens is 470 g/mol. The van der Waals surface area contributed by atoms with Gasteiger partial charge in [0.05, 0.1) is 22.3 Å². The third kappa shape index (κ3) is 3.40. The predicted molar refractivity (Wildman–Crippen MR) is 128 cm³/mol. The Hall–Kier alpha value is -3.47. The van der Waals surface area contributed by atoms with Crippen LogP contribution in [0.15, 0.2) is 75.1 Å². The largest absolute Gasteiger partial charge is 0.464 e. The van der Waals surface area contributed by atoms with Crippen molar-refractivity contribution in [2.24, 2.45) is 5.73 Å². The Bertz CT molecular complexity index is 1650. The Labute approximate surface area is 200 Å². The summed E-state index contributed by atoms with van der Waals surface area (Å²) in [6.07, 6.45) is 5.10. The molecule has 35 heavy (non-hydrogen) atoms. The molecule has 0 bridgehead atoms. The van der Waals surface area contributed by atoms with Gasteiger partial charge in [-0.2, -0.15) is 4.31 Å². The second-order valence-corrected chi connectivity index (χ2v) is 10.9. The number of aromatic nitrogens is 1. The third-order valence-electron chi connectivity index (χ3n) is 7.16. The van der Waals surface area contributed by atoms with E-state index in [-0.39, 0.29) is 23.1 Å². The summed E-state index contributed by atoms with van der Waals surface area (Å²) in [7, 11) is -3.84. The molecule has 0 radical (unpaired) electrons. The van der Waals surface area contributed by atoms with Crippen molar-refractivity contribution in [2.75, 3.05) is 6.54 Å². The van der Waals surface area contributed by atoms with Crippen LogP contribution in [0.25, 0.3) is 21.7 Å². The molecule has 1 saturated carbocycles. The molecule has 4 aromatic rings. The smallest absolute Gasteiger partial charge is 0.339 e. The van der Waals surface area contributed by atoms with Gasteiger partial charge in [-0.25, -0.2) is 13.2 Å². The minimum Gasteiger partial charge on any atom is -0.464 e. The zero-order chi connectivity index (χ0) is 24.4. The Balaban J connectivity index is 1.29. The van der Waals surface area contributed by atoms with E-state index in [1.165, 1.54) is 27.4 Å². The summed E-state index contributed by atoms with van der Waals surface area (Å²) in [5.41, 5.74) is 6.26. The number of pyridine rings is 1. The summed E-state index contributed by atoms with van der Waals surface area (Å²) in [6, 6.07) is 12.7. The maximum atomic E-state index is 13.6. The number of hydrogen-bond donors (Lipinski definition) is 1. The van der Waals surface area contributed by atoms with Crippen LogP contribution in [0.3, 0.4) is 0 Å². The number of fused-ring (bicyclic) bond motifs is 2. The van der Waals surface area contributed by atoms with E-state index in [1.807, 2.05) is 0 Å². The molecule has 2 aliphatic rings. The van der Waals surface area contributed by atoms with Gasteiger partial charge in [-0.1, -0.05) is 6.07 Å². The van der Waals surface area contributed by atoms with Crippen LogP contribution in [-0.4, -0.2) is 41.4 Å². The molecule has 2 aromatic carbocycles. The topological polar surface area (TPSA) is 125 Å². The summed E-state index contributed by atoms with van der Waals surface area (Å²) < 4.78 is 40.5. The first-order valence-electron chi connectivity index (χ1n) is 11.4. The van der Waals surface area contributed by atoms with Gasteiger partial charge in [0, 0.05) is 34.9 Å². The van der Waals surface area contributed by atoms with Gasteiger partial charge in [-0.3, -0.25) is 9.36 Å². The molecule has 10 heteroatoms. The summed E-state index contributed by atoms with van der Waals surface area (Å²) in [4.78, 5) is 25.7. The predicted octanol–water partition coefficient (Wildman–Crippen LogP) is 2.82. The fraction of sp³-hybridized carbons (Fsp3) is 0.280. The summed E-state index contributed by atoms with van der Waals surface area (Å²) in [5, 5.41) is 1.34. The SMILES string of the molecule is N[C@H]1CCN(S(=O)(=O)c2cccc3c(=O)n(COC(=O)c4ccc5occc5c4)ccc23)C12CC2. The summed E-state index contributed by atoms with van der Waals surface area (Å²) in [5.74, 6) is -0.587. The van der Waals surface area contributed by atoms with Gasteiger partial charge >= 0.3 is 5.97 Å². The zero-order valence-corrected chi connectivity index (χ0v) is 19.5. The molecule has 1 atom stereocenters. The number of esters is 1. The highest BCUT2D eigenvalue weighted by atomic mass is 32.2. The van der Waals surface area contributed by atoms with Crippen molar-refractivity contribution in [3.05, 3.63) is 76.9 Å². The van der Waals surface area contributed by atoms with E-state index in [0.29, 0.717) is 29.5 Å². The van der Waals surface area contributed by atoms with Crippen molar-refractivity contribution in [1.82, 2.24) is 8.87 Å². The number of ether oxygens (including phenoxy) is 1. The molecule has 1 aliphatic heterocycles. The van der Waals surface area contributed by atoms with Crippen molar-refractivity contribution in [3.63, 3.8) is 0 Å². The van der Waals surface area contributed by atoms with Gasteiger partial charge in [0.25, 0.3) is 5.56 Å². The van der Waals surface area contributed by atoms with Gasteiger partial charge in [0.1, 0.15) is 5.58 Å². The Morgan fingerprint density at radius 3 is 2.77 bits per heavy atom.